The van der Waals surface area contributed by atoms with Gasteiger partial charge >= 0.3 is 5.69 Å². The standard InChI is InChI=1S/C19H21N5O2/c1-22-16-6-4-10-21-17(16)24(19(22)26)13-14-7-11-23(12-8-14)18(25)15-5-2-3-9-20-15/h2-6,9-10,14H,7-8,11-13H2,1H3. The van der Waals surface area contributed by atoms with E-state index in [-0.39, 0.29) is 11.6 Å². The average Bonchev–Trinajstić information content (AvgIpc) is 2.94. The zero-order valence-corrected chi connectivity index (χ0v) is 14.7. The molecule has 1 fully saturated rings. The number of nitrogens with zero attached hydrogens (tertiary/aromatic N) is 5. The van der Waals surface area contributed by atoms with Gasteiger partial charge in [0, 0.05) is 39.1 Å². The van der Waals surface area contributed by atoms with Gasteiger partial charge in [0.2, 0.25) is 0 Å². The molecule has 1 aliphatic rings. The van der Waals surface area contributed by atoms with Gasteiger partial charge in [-0.2, -0.15) is 0 Å². The van der Waals surface area contributed by atoms with Crippen molar-refractivity contribution in [2.45, 2.75) is 19.4 Å². The number of imidazole rings is 1. The van der Waals surface area contributed by atoms with E-state index in [1.165, 1.54) is 0 Å². The van der Waals surface area contributed by atoms with Crippen LogP contribution in [0.15, 0.2) is 47.5 Å². The summed E-state index contributed by atoms with van der Waals surface area (Å²) in [6.07, 6.45) is 5.09. The summed E-state index contributed by atoms with van der Waals surface area (Å²) in [4.78, 5) is 35.4. The van der Waals surface area contributed by atoms with E-state index in [9.17, 15) is 9.59 Å². The molecule has 0 saturated carbocycles. The van der Waals surface area contributed by atoms with Crippen LogP contribution >= 0.6 is 0 Å². The maximum Gasteiger partial charge on any atom is 0.330 e. The lowest BCUT2D eigenvalue weighted by atomic mass is 9.96. The van der Waals surface area contributed by atoms with Gasteiger partial charge in [0.25, 0.3) is 5.91 Å². The lowest BCUT2D eigenvalue weighted by Crippen LogP contribution is -2.40. The molecule has 3 aromatic rings. The number of carbonyl (C=O) groups excluding carboxylic acids is 1. The van der Waals surface area contributed by atoms with Crippen LogP contribution in [0, 0.1) is 5.92 Å². The third-order valence-electron chi connectivity index (χ3n) is 5.13. The maximum absolute atomic E-state index is 12.5. The van der Waals surface area contributed by atoms with Crippen molar-refractivity contribution in [2.75, 3.05) is 13.1 Å². The Morgan fingerprint density at radius 1 is 1.12 bits per heavy atom. The van der Waals surface area contributed by atoms with Gasteiger partial charge in [-0.3, -0.25) is 18.9 Å². The first-order valence-corrected chi connectivity index (χ1v) is 8.85. The van der Waals surface area contributed by atoms with Gasteiger partial charge < -0.3 is 4.90 Å². The van der Waals surface area contributed by atoms with Gasteiger partial charge in [0.15, 0.2) is 5.65 Å². The second-order valence-corrected chi connectivity index (χ2v) is 6.75. The van der Waals surface area contributed by atoms with Crippen LogP contribution in [0.1, 0.15) is 23.3 Å². The van der Waals surface area contributed by atoms with E-state index >= 15 is 0 Å². The smallest absolute Gasteiger partial charge is 0.330 e. The fourth-order valence-corrected chi connectivity index (χ4v) is 3.63. The highest BCUT2D eigenvalue weighted by atomic mass is 16.2. The Kier molecular flexibility index (Phi) is 4.28. The summed E-state index contributed by atoms with van der Waals surface area (Å²) >= 11 is 0. The molecule has 0 spiro atoms. The topological polar surface area (TPSA) is 73.0 Å². The first kappa shape index (κ1) is 16.5. The molecule has 3 aromatic heterocycles. The fourth-order valence-electron chi connectivity index (χ4n) is 3.63. The minimum Gasteiger partial charge on any atom is -0.337 e. The molecule has 0 aliphatic carbocycles. The third-order valence-corrected chi connectivity index (χ3v) is 5.13. The molecular formula is C19H21N5O2. The molecule has 1 saturated heterocycles. The summed E-state index contributed by atoms with van der Waals surface area (Å²) in [6.45, 7) is 2.01. The second-order valence-electron chi connectivity index (χ2n) is 6.75. The summed E-state index contributed by atoms with van der Waals surface area (Å²) in [5.41, 5.74) is 2.03. The average molecular weight is 351 g/mol. The van der Waals surface area contributed by atoms with E-state index in [1.54, 1.807) is 40.7 Å². The van der Waals surface area contributed by atoms with Crippen molar-refractivity contribution in [3.8, 4) is 0 Å². The van der Waals surface area contributed by atoms with Gasteiger partial charge in [-0.1, -0.05) is 6.07 Å². The van der Waals surface area contributed by atoms with Crippen molar-refractivity contribution in [3.05, 3.63) is 58.9 Å². The summed E-state index contributed by atoms with van der Waals surface area (Å²) in [5.74, 6) is 0.334. The van der Waals surface area contributed by atoms with Crippen LogP contribution in [0.4, 0.5) is 0 Å². The number of hydrogen-bond acceptors (Lipinski definition) is 4. The predicted molar refractivity (Wildman–Crippen MR) is 97.8 cm³/mol. The number of amides is 1. The largest absolute Gasteiger partial charge is 0.337 e. The van der Waals surface area contributed by atoms with Crippen LogP contribution in [0.25, 0.3) is 11.2 Å². The summed E-state index contributed by atoms with van der Waals surface area (Å²) in [6, 6.07) is 9.13. The molecule has 0 N–H and O–H groups in total. The monoisotopic (exact) mass is 351 g/mol. The lowest BCUT2D eigenvalue weighted by molar-refractivity contribution is 0.0677. The SMILES string of the molecule is Cn1c(=O)n(CC2CCN(C(=O)c3ccccn3)CC2)c2ncccc21. The molecule has 0 radical (unpaired) electrons. The molecule has 1 aliphatic heterocycles. The number of aromatic nitrogens is 4. The minimum atomic E-state index is -0.0364. The van der Waals surface area contributed by atoms with E-state index in [4.69, 9.17) is 0 Å². The number of piperidine rings is 1. The highest BCUT2D eigenvalue weighted by Crippen LogP contribution is 2.21. The summed E-state index contributed by atoms with van der Waals surface area (Å²) < 4.78 is 3.40. The Hall–Kier alpha value is -2.96. The molecule has 26 heavy (non-hydrogen) atoms. The Labute approximate surface area is 150 Å². The molecule has 0 bridgehead atoms. The number of fused-ring (bicyclic) bond motifs is 1. The highest BCUT2D eigenvalue weighted by Gasteiger charge is 2.25. The summed E-state index contributed by atoms with van der Waals surface area (Å²) in [7, 11) is 1.77. The predicted octanol–water partition coefficient (Wildman–Crippen LogP) is 1.68. The molecule has 0 atom stereocenters. The normalized spacial score (nSPS) is 15.5. The fraction of sp³-hybridized carbons (Fsp3) is 0.368. The highest BCUT2D eigenvalue weighted by molar-refractivity contribution is 5.92. The van der Waals surface area contributed by atoms with Crippen LogP contribution in [0.3, 0.4) is 0 Å². The van der Waals surface area contributed by atoms with Crippen molar-refractivity contribution in [1.29, 1.82) is 0 Å². The number of rotatable bonds is 3. The molecule has 4 heterocycles. The van der Waals surface area contributed by atoms with Crippen molar-refractivity contribution < 1.29 is 4.79 Å². The van der Waals surface area contributed by atoms with Gasteiger partial charge in [0.1, 0.15) is 5.69 Å². The zero-order chi connectivity index (χ0) is 18.1. The number of aryl methyl sites for hydroxylation is 1. The van der Waals surface area contributed by atoms with E-state index in [2.05, 4.69) is 9.97 Å². The maximum atomic E-state index is 12.5. The Morgan fingerprint density at radius 2 is 1.88 bits per heavy atom. The van der Waals surface area contributed by atoms with Crippen LogP contribution in [-0.2, 0) is 13.6 Å². The van der Waals surface area contributed by atoms with Crippen molar-refractivity contribution in [2.24, 2.45) is 13.0 Å². The number of likely N-dealkylation sites (tertiary alicyclic amines) is 1. The molecular weight excluding hydrogens is 330 g/mol. The number of carbonyl (C=O) groups is 1. The van der Waals surface area contributed by atoms with Crippen LogP contribution in [0.5, 0.6) is 0 Å². The molecule has 7 heteroatoms. The Bertz CT molecular complexity index is 984. The molecule has 0 aromatic carbocycles. The molecule has 0 unspecified atom stereocenters. The summed E-state index contributed by atoms with van der Waals surface area (Å²) in [5, 5.41) is 0. The zero-order valence-electron chi connectivity index (χ0n) is 14.7. The van der Waals surface area contributed by atoms with Crippen LogP contribution in [-0.4, -0.2) is 43.0 Å². The number of hydrogen-bond donors (Lipinski definition) is 0. The van der Waals surface area contributed by atoms with Crippen molar-refractivity contribution >= 4 is 17.1 Å². The van der Waals surface area contributed by atoms with Gasteiger partial charge in [-0.15, -0.1) is 0 Å². The molecule has 4 rings (SSSR count). The Morgan fingerprint density at radius 3 is 2.62 bits per heavy atom. The number of pyridine rings is 2. The second kappa shape index (κ2) is 6.74. The van der Waals surface area contributed by atoms with E-state index < -0.39 is 0 Å². The lowest BCUT2D eigenvalue weighted by Gasteiger charge is -2.31. The van der Waals surface area contributed by atoms with Gasteiger partial charge in [-0.25, -0.2) is 9.78 Å². The quantitative estimate of drug-likeness (QED) is 0.720. The van der Waals surface area contributed by atoms with Gasteiger partial charge in [0.05, 0.1) is 5.52 Å². The van der Waals surface area contributed by atoms with Crippen molar-refractivity contribution in [1.82, 2.24) is 24.0 Å². The van der Waals surface area contributed by atoms with Gasteiger partial charge in [-0.05, 0) is 43.0 Å². The Balaban J connectivity index is 1.46. The third kappa shape index (κ3) is 2.89. The molecule has 134 valence electrons. The van der Waals surface area contributed by atoms with Crippen LogP contribution in [0.2, 0.25) is 0 Å². The van der Waals surface area contributed by atoms with Crippen molar-refractivity contribution in [3.63, 3.8) is 0 Å². The first-order chi connectivity index (χ1) is 12.6. The van der Waals surface area contributed by atoms with Crippen LogP contribution < -0.4 is 5.69 Å². The first-order valence-electron chi connectivity index (χ1n) is 8.85. The molecule has 1 amide bonds. The van der Waals surface area contributed by atoms with E-state index in [0.29, 0.717) is 31.2 Å². The van der Waals surface area contributed by atoms with E-state index in [0.717, 1.165) is 24.0 Å². The molecule has 7 nitrogen and oxygen atoms in total. The van der Waals surface area contributed by atoms with E-state index in [1.807, 2.05) is 23.1 Å². The minimum absolute atomic E-state index is 0.0203.